The molecule has 0 rings (SSSR count). The highest BCUT2D eigenvalue weighted by atomic mass is 16.5. The quantitative estimate of drug-likeness (QED) is 0.0586. The monoisotopic (exact) mass is 1630 g/mol. The summed E-state index contributed by atoms with van der Waals surface area (Å²) in [5, 5.41) is 0. The van der Waals surface area contributed by atoms with Gasteiger partial charge in [0.15, 0.2) is 0 Å². The lowest BCUT2D eigenvalue weighted by atomic mass is 9.87. The van der Waals surface area contributed by atoms with Gasteiger partial charge >= 0.3 is 0 Å². The number of nitrogens with two attached hydrogens (primary N) is 2. The SMILES string of the molecule is CCCCCCCCCCCCCCCCOC(CC(C)N)CC(OCCCCCCCCCCCCCCCC)C(CCCCCCCCCCCCC)CCOCCC(CCCCCCCCCCCCC)C(CC(CC(C)N)OCCCCCCCCCCCCCCCC)OCCCCCCCCCCCCCCCC. The molecule has 0 fully saturated rings. The van der Waals surface area contributed by atoms with Crippen LogP contribution in [0.3, 0.4) is 0 Å². The smallest absolute Gasteiger partial charge is 0.0628 e. The van der Waals surface area contributed by atoms with Gasteiger partial charge in [0.1, 0.15) is 0 Å². The first kappa shape index (κ1) is 115. The zero-order valence-corrected chi connectivity index (χ0v) is 80.9. The van der Waals surface area contributed by atoms with E-state index in [-0.39, 0.29) is 36.5 Å². The van der Waals surface area contributed by atoms with Gasteiger partial charge in [-0.2, -0.15) is 0 Å². The van der Waals surface area contributed by atoms with Crippen molar-refractivity contribution in [3.63, 3.8) is 0 Å². The van der Waals surface area contributed by atoms with Gasteiger partial charge in [-0.25, -0.2) is 0 Å². The summed E-state index contributed by atoms with van der Waals surface area (Å²) in [4.78, 5) is 0. The average molecular weight is 1630 g/mol. The summed E-state index contributed by atoms with van der Waals surface area (Å²) >= 11 is 0. The molecule has 8 atom stereocenters. The zero-order chi connectivity index (χ0) is 83.2. The van der Waals surface area contributed by atoms with Crippen LogP contribution in [0.15, 0.2) is 0 Å². The minimum Gasteiger partial charge on any atom is -0.381 e. The Bertz CT molecular complexity index is 1590. The molecule has 7 heteroatoms. The van der Waals surface area contributed by atoms with Gasteiger partial charge in [-0.3, -0.25) is 0 Å². The van der Waals surface area contributed by atoms with E-state index in [0.29, 0.717) is 11.8 Å². The summed E-state index contributed by atoms with van der Waals surface area (Å²) in [6.07, 6.45) is 116. The van der Waals surface area contributed by atoms with E-state index in [1.54, 1.807) is 0 Å². The molecule has 0 aromatic carbocycles. The van der Waals surface area contributed by atoms with Gasteiger partial charge in [-0.15, -0.1) is 0 Å². The fourth-order valence-corrected chi connectivity index (χ4v) is 18.5. The molecule has 0 aliphatic carbocycles. The predicted molar refractivity (Wildman–Crippen MR) is 515 cm³/mol. The van der Waals surface area contributed by atoms with Gasteiger partial charge in [0.05, 0.1) is 24.4 Å². The number of hydrogen-bond donors (Lipinski definition) is 2. The van der Waals surface area contributed by atoms with Crippen molar-refractivity contribution in [2.75, 3.05) is 39.6 Å². The molecule has 0 saturated heterocycles. The van der Waals surface area contributed by atoms with E-state index in [1.165, 1.54) is 488 Å². The maximum atomic E-state index is 7.37. The largest absolute Gasteiger partial charge is 0.381 e. The molecule has 7 nitrogen and oxygen atoms in total. The van der Waals surface area contributed by atoms with Crippen molar-refractivity contribution in [2.24, 2.45) is 23.3 Å². The van der Waals surface area contributed by atoms with Gasteiger partial charge in [-0.1, -0.05) is 517 Å². The molecular formula is C108H220N2O5. The van der Waals surface area contributed by atoms with Crippen LogP contribution in [-0.4, -0.2) is 76.1 Å². The van der Waals surface area contributed by atoms with E-state index in [4.69, 9.17) is 35.2 Å². The summed E-state index contributed by atoms with van der Waals surface area (Å²) in [6.45, 7) is 23.4. The van der Waals surface area contributed by atoms with E-state index in [0.717, 1.165) is 104 Å². The maximum Gasteiger partial charge on any atom is 0.0628 e. The van der Waals surface area contributed by atoms with Crippen LogP contribution in [0.25, 0.3) is 0 Å². The Morgan fingerprint density at radius 3 is 0.496 bits per heavy atom. The molecule has 8 unspecified atom stereocenters. The lowest BCUT2D eigenvalue weighted by Crippen LogP contribution is -2.35. The van der Waals surface area contributed by atoms with Crippen molar-refractivity contribution in [2.45, 2.75) is 644 Å². The predicted octanol–water partition coefficient (Wildman–Crippen LogP) is 36.1. The zero-order valence-electron chi connectivity index (χ0n) is 80.9. The van der Waals surface area contributed by atoms with Crippen molar-refractivity contribution in [3.05, 3.63) is 0 Å². The second kappa shape index (κ2) is 99.1. The number of hydrogen-bond acceptors (Lipinski definition) is 7. The molecule has 0 aliphatic rings. The second-order valence-corrected chi connectivity index (χ2v) is 38.4. The van der Waals surface area contributed by atoms with E-state index in [2.05, 4.69) is 55.4 Å². The molecule has 692 valence electrons. The Morgan fingerprint density at radius 2 is 0.322 bits per heavy atom. The Morgan fingerprint density at radius 1 is 0.165 bits per heavy atom. The molecule has 0 radical (unpaired) electrons. The minimum absolute atomic E-state index is 0.0979. The maximum absolute atomic E-state index is 7.37. The normalized spacial score (nSPS) is 14.1. The molecule has 0 aromatic rings. The van der Waals surface area contributed by atoms with Crippen LogP contribution in [0, 0.1) is 11.8 Å². The van der Waals surface area contributed by atoms with Crippen molar-refractivity contribution in [1.82, 2.24) is 0 Å². The van der Waals surface area contributed by atoms with Crippen LogP contribution in [0.1, 0.15) is 608 Å². The van der Waals surface area contributed by atoms with Crippen LogP contribution in [0.2, 0.25) is 0 Å². The van der Waals surface area contributed by atoms with Crippen LogP contribution in [0.4, 0.5) is 0 Å². The van der Waals surface area contributed by atoms with Crippen LogP contribution < -0.4 is 11.5 Å². The Hall–Kier alpha value is -0.280. The summed E-state index contributed by atoms with van der Waals surface area (Å²) in [5.74, 6) is 0.879. The van der Waals surface area contributed by atoms with Gasteiger partial charge in [0.25, 0.3) is 0 Å². The third-order valence-electron chi connectivity index (χ3n) is 26.3. The van der Waals surface area contributed by atoms with E-state index in [9.17, 15) is 0 Å². The van der Waals surface area contributed by atoms with Crippen LogP contribution >= 0.6 is 0 Å². The Kier molecular flexibility index (Phi) is 98.9. The number of rotatable bonds is 104. The van der Waals surface area contributed by atoms with Gasteiger partial charge in [-0.05, 0) is 89.9 Å². The number of unbranched alkanes of at least 4 members (excludes halogenated alkanes) is 72. The molecule has 0 aliphatic heterocycles. The van der Waals surface area contributed by atoms with E-state index >= 15 is 0 Å². The first-order valence-corrected chi connectivity index (χ1v) is 54.3. The fourth-order valence-electron chi connectivity index (χ4n) is 18.5. The third kappa shape index (κ3) is 89.8. The summed E-state index contributed by atoms with van der Waals surface area (Å²) in [5.41, 5.74) is 13.6. The first-order valence-electron chi connectivity index (χ1n) is 54.3. The molecule has 0 bridgehead atoms. The third-order valence-corrected chi connectivity index (χ3v) is 26.3. The summed E-state index contributed by atoms with van der Waals surface area (Å²) in [7, 11) is 0. The molecular weight excluding hydrogens is 1410 g/mol. The first-order chi connectivity index (χ1) is 56.8. The van der Waals surface area contributed by atoms with Gasteiger partial charge in [0.2, 0.25) is 0 Å². The average Bonchev–Trinajstić information content (AvgIpc) is 0.893. The van der Waals surface area contributed by atoms with E-state index < -0.39 is 0 Å². The van der Waals surface area contributed by atoms with Crippen molar-refractivity contribution in [1.29, 1.82) is 0 Å². The van der Waals surface area contributed by atoms with Crippen molar-refractivity contribution in [3.8, 4) is 0 Å². The van der Waals surface area contributed by atoms with E-state index in [1.807, 2.05) is 0 Å². The van der Waals surface area contributed by atoms with Gasteiger partial charge < -0.3 is 35.2 Å². The standard InChI is InChI=1S/C108H220N2O5/c1-9-15-21-27-33-39-45-49-53-59-65-71-77-83-91-112-105(97-101(7)109)99-107(114-93-85-79-73-67-61-55-51-47-41-35-29-23-17-11-3)103(87-81-75-69-63-57-43-37-31-25-19-13-5)89-95-111-96-90-104(88-82-76-70-64-58-44-38-32-26-20-14-6)108(115-94-86-80-74-68-62-56-52-48-42-36-30-24-18-12-4)100-106(98-102(8)110)113-92-84-78-72-66-60-54-50-46-40-34-28-22-16-10-2/h101-108H,9-100,109-110H2,1-8H3. The summed E-state index contributed by atoms with van der Waals surface area (Å²) < 4.78 is 35.9. The lowest BCUT2D eigenvalue weighted by Gasteiger charge is -2.32. The summed E-state index contributed by atoms with van der Waals surface area (Å²) in [6, 6.07) is 0.196. The molecule has 0 saturated carbocycles. The Balaban J connectivity index is 6.81. The topological polar surface area (TPSA) is 98.2 Å². The van der Waals surface area contributed by atoms with Crippen LogP contribution in [0.5, 0.6) is 0 Å². The van der Waals surface area contributed by atoms with Gasteiger partial charge in [0, 0.05) is 64.6 Å². The fraction of sp³-hybridized carbons (Fsp3) is 1.00. The van der Waals surface area contributed by atoms with Crippen molar-refractivity contribution >= 4 is 0 Å². The molecule has 0 heterocycles. The second-order valence-electron chi connectivity index (χ2n) is 38.4. The molecule has 0 amide bonds. The van der Waals surface area contributed by atoms with Crippen LogP contribution in [-0.2, 0) is 23.7 Å². The highest BCUT2D eigenvalue weighted by Crippen LogP contribution is 2.31. The molecule has 4 N–H and O–H groups in total. The Labute approximate surface area is 726 Å². The molecule has 0 spiro atoms. The molecule has 115 heavy (non-hydrogen) atoms. The highest BCUT2D eigenvalue weighted by molar-refractivity contribution is 4.81. The highest BCUT2D eigenvalue weighted by Gasteiger charge is 2.29. The number of ether oxygens (including phenoxy) is 5. The van der Waals surface area contributed by atoms with Crippen molar-refractivity contribution < 1.29 is 23.7 Å². The molecule has 0 aromatic heterocycles. The lowest BCUT2D eigenvalue weighted by molar-refractivity contribution is -0.0593. The minimum atomic E-state index is 0.0979.